The van der Waals surface area contributed by atoms with Crippen LogP contribution < -0.4 is 10.5 Å². The summed E-state index contributed by atoms with van der Waals surface area (Å²) in [5, 5.41) is 9.46. The third-order valence-corrected chi connectivity index (χ3v) is 3.16. The number of nitrogens with two attached hydrogens (primary N) is 1. The summed E-state index contributed by atoms with van der Waals surface area (Å²) in [6.07, 6.45) is -5.46. The van der Waals surface area contributed by atoms with Gasteiger partial charge >= 0.3 is 6.18 Å². The summed E-state index contributed by atoms with van der Waals surface area (Å²) in [4.78, 5) is 0. The third-order valence-electron chi connectivity index (χ3n) is 2.57. The van der Waals surface area contributed by atoms with Gasteiger partial charge in [-0.1, -0.05) is 0 Å². The minimum atomic E-state index is -4.46. The predicted molar refractivity (Wildman–Crippen MR) is 57.6 cm³/mol. The lowest BCUT2D eigenvalue weighted by molar-refractivity contribution is -0.137. The Bertz CT molecular complexity index is 450. The monoisotopic (exact) mass is 311 g/mol. The highest BCUT2D eigenvalue weighted by atomic mass is 79.9. The molecule has 0 fully saturated rings. The summed E-state index contributed by atoms with van der Waals surface area (Å²) in [7, 11) is 0. The van der Waals surface area contributed by atoms with Gasteiger partial charge in [0.15, 0.2) is 0 Å². The van der Waals surface area contributed by atoms with Crippen LogP contribution in [0.25, 0.3) is 0 Å². The van der Waals surface area contributed by atoms with Crippen LogP contribution >= 0.6 is 15.9 Å². The van der Waals surface area contributed by atoms with Crippen molar-refractivity contribution in [1.29, 1.82) is 0 Å². The molecule has 0 spiro atoms. The molecule has 0 bridgehead atoms. The fourth-order valence-electron chi connectivity index (χ4n) is 1.66. The van der Waals surface area contributed by atoms with Gasteiger partial charge in [0.05, 0.1) is 16.1 Å². The Morgan fingerprint density at radius 1 is 1.41 bits per heavy atom. The van der Waals surface area contributed by atoms with E-state index < -0.39 is 23.9 Å². The maximum absolute atomic E-state index is 12.6. The molecule has 3 nitrogen and oxygen atoms in total. The minimum absolute atomic E-state index is 0.0296. The molecule has 0 radical (unpaired) electrons. The second-order valence-electron chi connectivity index (χ2n) is 3.78. The van der Waals surface area contributed by atoms with Crippen molar-refractivity contribution < 1.29 is 23.0 Å². The normalized spacial score (nSPS) is 24.1. The Balaban J connectivity index is 2.55. The van der Waals surface area contributed by atoms with E-state index in [9.17, 15) is 18.3 Å². The lowest BCUT2D eigenvalue weighted by atomic mass is 9.97. The van der Waals surface area contributed by atoms with Crippen molar-refractivity contribution in [2.75, 3.05) is 6.61 Å². The van der Waals surface area contributed by atoms with E-state index in [0.717, 1.165) is 12.1 Å². The van der Waals surface area contributed by atoms with E-state index in [1.165, 1.54) is 0 Å². The van der Waals surface area contributed by atoms with Crippen molar-refractivity contribution >= 4 is 15.9 Å². The first-order valence-corrected chi connectivity index (χ1v) is 5.57. The number of hydrogen-bond donors (Lipinski definition) is 2. The van der Waals surface area contributed by atoms with Crippen LogP contribution in [0.15, 0.2) is 16.6 Å². The zero-order valence-electron chi connectivity index (χ0n) is 8.46. The summed E-state index contributed by atoms with van der Waals surface area (Å²) in [5.74, 6) is 0.260. The average Bonchev–Trinajstić information content (AvgIpc) is 2.22. The van der Waals surface area contributed by atoms with Crippen molar-refractivity contribution in [2.45, 2.75) is 18.3 Å². The maximum atomic E-state index is 12.6. The highest BCUT2D eigenvalue weighted by Crippen LogP contribution is 2.41. The molecule has 1 aliphatic heterocycles. The lowest BCUT2D eigenvalue weighted by Gasteiger charge is -2.29. The zero-order chi connectivity index (χ0) is 12.8. The zero-order valence-corrected chi connectivity index (χ0v) is 10.0. The van der Waals surface area contributed by atoms with E-state index >= 15 is 0 Å². The van der Waals surface area contributed by atoms with Crippen molar-refractivity contribution in [3.63, 3.8) is 0 Å². The molecule has 7 heteroatoms. The van der Waals surface area contributed by atoms with E-state index in [1.54, 1.807) is 0 Å². The fraction of sp³-hybridized carbons (Fsp3) is 0.400. The molecule has 94 valence electrons. The number of ether oxygens (including phenoxy) is 1. The van der Waals surface area contributed by atoms with Crippen LogP contribution in [0.5, 0.6) is 5.75 Å². The molecule has 1 aromatic carbocycles. The van der Waals surface area contributed by atoms with Gasteiger partial charge in [0.1, 0.15) is 18.5 Å². The number of benzene rings is 1. The molecule has 1 heterocycles. The molecule has 0 saturated carbocycles. The summed E-state index contributed by atoms with van der Waals surface area (Å²) in [5.41, 5.74) is 4.99. The summed E-state index contributed by atoms with van der Waals surface area (Å²) >= 11 is 3.01. The first-order valence-electron chi connectivity index (χ1n) is 4.78. The van der Waals surface area contributed by atoms with E-state index in [2.05, 4.69) is 15.9 Å². The van der Waals surface area contributed by atoms with Crippen LogP contribution in [0.1, 0.15) is 17.2 Å². The SMILES string of the molecule is N[C@@H]1c2cc(C(F)(F)F)cc(Br)c2OC[C@@H]1O. The summed E-state index contributed by atoms with van der Waals surface area (Å²) in [6.45, 7) is -0.0296. The molecular weight excluding hydrogens is 303 g/mol. The van der Waals surface area contributed by atoms with Gasteiger partial charge in [0, 0.05) is 5.56 Å². The molecule has 1 aliphatic rings. The molecule has 0 aliphatic carbocycles. The van der Waals surface area contributed by atoms with Gasteiger partial charge in [-0.05, 0) is 28.1 Å². The Hall–Kier alpha value is -0.790. The van der Waals surface area contributed by atoms with Gasteiger partial charge in [-0.25, -0.2) is 0 Å². The van der Waals surface area contributed by atoms with E-state index in [-0.39, 0.29) is 22.4 Å². The summed E-state index contributed by atoms with van der Waals surface area (Å²) < 4.78 is 43.1. The van der Waals surface area contributed by atoms with Crippen LogP contribution in [0.4, 0.5) is 13.2 Å². The first kappa shape index (κ1) is 12.7. The molecule has 0 amide bonds. The van der Waals surface area contributed by atoms with Crippen LogP contribution in [0.3, 0.4) is 0 Å². The standard InChI is InChI=1S/C10H9BrF3NO2/c11-6-2-4(10(12,13)14)1-5-8(15)7(16)3-17-9(5)6/h1-2,7-8,16H,3,15H2/t7-,8+/m0/s1. The smallest absolute Gasteiger partial charge is 0.416 e. The number of rotatable bonds is 0. The largest absolute Gasteiger partial charge is 0.489 e. The quantitative estimate of drug-likeness (QED) is 0.772. The molecule has 0 unspecified atom stereocenters. The molecule has 2 atom stereocenters. The number of halogens is 4. The highest BCUT2D eigenvalue weighted by molar-refractivity contribution is 9.10. The molecule has 0 saturated heterocycles. The number of aliphatic hydroxyl groups is 1. The Morgan fingerprint density at radius 2 is 2.06 bits per heavy atom. The van der Waals surface area contributed by atoms with E-state index in [4.69, 9.17) is 10.5 Å². The van der Waals surface area contributed by atoms with Crippen LogP contribution in [0.2, 0.25) is 0 Å². The topological polar surface area (TPSA) is 55.5 Å². The summed E-state index contributed by atoms with van der Waals surface area (Å²) in [6, 6.07) is 0.966. The van der Waals surface area contributed by atoms with Crippen molar-refractivity contribution in [2.24, 2.45) is 5.73 Å². The van der Waals surface area contributed by atoms with Crippen molar-refractivity contribution in [3.8, 4) is 5.75 Å². The molecule has 3 N–H and O–H groups in total. The Kier molecular flexibility index (Phi) is 3.09. The van der Waals surface area contributed by atoms with Crippen LogP contribution in [-0.4, -0.2) is 17.8 Å². The molecule has 0 aromatic heterocycles. The van der Waals surface area contributed by atoms with Crippen LogP contribution in [0, 0.1) is 0 Å². The second-order valence-corrected chi connectivity index (χ2v) is 4.63. The Morgan fingerprint density at radius 3 is 2.65 bits per heavy atom. The van der Waals surface area contributed by atoms with E-state index in [1.807, 2.05) is 0 Å². The average molecular weight is 312 g/mol. The molecule has 2 rings (SSSR count). The van der Waals surface area contributed by atoms with Gasteiger partial charge < -0.3 is 15.6 Å². The molecule has 17 heavy (non-hydrogen) atoms. The number of hydrogen-bond acceptors (Lipinski definition) is 3. The predicted octanol–water partition coefficient (Wildman–Crippen LogP) is 2.22. The number of fused-ring (bicyclic) bond motifs is 1. The van der Waals surface area contributed by atoms with Crippen LogP contribution in [-0.2, 0) is 6.18 Å². The Labute approximate surface area is 103 Å². The van der Waals surface area contributed by atoms with Gasteiger partial charge in [-0.15, -0.1) is 0 Å². The molecular formula is C10H9BrF3NO2. The lowest BCUT2D eigenvalue weighted by Crippen LogP contribution is -2.36. The minimum Gasteiger partial charge on any atom is -0.489 e. The third kappa shape index (κ3) is 2.27. The van der Waals surface area contributed by atoms with Crippen molar-refractivity contribution in [3.05, 3.63) is 27.7 Å². The molecule has 1 aromatic rings. The van der Waals surface area contributed by atoms with E-state index in [0.29, 0.717) is 0 Å². The fourth-order valence-corrected chi connectivity index (χ4v) is 2.25. The van der Waals surface area contributed by atoms with Crippen molar-refractivity contribution in [1.82, 2.24) is 0 Å². The maximum Gasteiger partial charge on any atom is 0.416 e. The number of aliphatic hydroxyl groups excluding tert-OH is 1. The van der Waals surface area contributed by atoms with Gasteiger partial charge in [-0.3, -0.25) is 0 Å². The van der Waals surface area contributed by atoms with Gasteiger partial charge in [-0.2, -0.15) is 13.2 Å². The highest BCUT2D eigenvalue weighted by Gasteiger charge is 2.35. The van der Waals surface area contributed by atoms with Gasteiger partial charge in [0.25, 0.3) is 0 Å². The first-order chi connectivity index (χ1) is 7.80. The van der Waals surface area contributed by atoms with Gasteiger partial charge in [0.2, 0.25) is 0 Å². The number of alkyl halides is 3. The second kappa shape index (κ2) is 4.15.